The van der Waals surface area contributed by atoms with Crippen molar-refractivity contribution >= 4 is 6.21 Å². The van der Waals surface area contributed by atoms with Crippen LogP contribution in [0.5, 0.6) is 0 Å². The number of likely N-dealkylation sites (N-methyl/N-ethyl adjacent to an activating group) is 1. The van der Waals surface area contributed by atoms with Crippen LogP contribution in [0.4, 0.5) is 0 Å². The number of aliphatic hydroxyl groups is 1. The number of aliphatic hydroxyl groups excluding tert-OH is 1. The first-order chi connectivity index (χ1) is 9.79. The van der Waals surface area contributed by atoms with Crippen molar-refractivity contribution < 1.29 is 9.59 Å². The van der Waals surface area contributed by atoms with Crippen molar-refractivity contribution in [2.45, 2.75) is 65.0 Å². The van der Waals surface area contributed by atoms with Gasteiger partial charge in [0, 0.05) is 6.42 Å². The first-order valence-electron chi connectivity index (χ1n) is 8.42. The largest absolute Gasteiger partial charge is 0.391 e. The van der Waals surface area contributed by atoms with E-state index in [1.165, 1.54) is 38.5 Å². The Bertz CT molecular complexity index is 301. The van der Waals surface area contributed by atoms with E-state index in [-0.39, 0.29) is 6.61 Å². The Kier molecular flexibility index (Phi) is 8.79. The maximum atomic E-state index is 9.27. The molecule has 20 heavy (non-hydrogen) atoms. The summed E-state index contributed by atoms with van der Waals surface area (Å²) in [5.41, 5.74) is 0. The van der Waals surface area contributed by atoms with Crippen molar-refractivity contribution in [1.29, 1.82) is 0 Å². The minimum absolute atomic E-state index is 0.272. The molecule has 1 heterocycles. The molecule has 0 spiro atoms. The predicted octanol–water partition coefficient (Wildman–Crippen LogP) is 3.53. The second-order valence-corrected chi connectivity index (χ2v) is 5.87. The van der Waals surface area contributed by atoms with E-state index >= 15 is 0 Å². The fraction of sp³-hybridized carbons (Fsp3) is 0.824. The van der Waals surface area contributed by atoms with E-state index in [4.69, 9.17) is 0 Å². The van der Waals surface area contributed by atoms with Crippen molar-refractivity contribution in [3.63, 3.8) is 0 Å². The molecule has 2 atom stereocenters. The fourth-order valence-corrected chi connectivity index (χ4v) is 3.03. The van der Waals surface area contributed by atoms with Crippen LogP contribution in [0.3, 0.4) is 0 Å². The Morgan fingerprint density at radius 2 is 1.95 bits per heavy atom. The molecule has 0 saturated carbocycles. The number of rotatable bonds is 11. The molecule has 0 aliphatic carbocycles. The zero-order chi connectivity index (χ0) is 14.7. The molecule has 0 aromatic rings. The van der Waals surface area contributed by atoms with Crippen LogP contribution in [-0.2, 0) is 0 Å². The van der Waals surface area contributed by atoms with Crippen LogP contribution in [-0.4, -0.2) is 48.2 Å². The molecule has 1 rings (SSSR count). The van der Waals surface area contributed by atoms with E-state index in [2.05, 4.69) is 37.2 Å². The van der Waals surface area contributed by atoms with Gasteiger partial charge in [0.05, 0.1) is 19.4 Å². The van der Waals surface area contributed by atoms with Gasteiger partial charge in [-0.25, -0.2) is 4.99 Å². The van der Waals surface area contributed by atoms with Gasteiger partial charge in [-0.05, 0) is 32.6 Å². The van der Waals surface area contributed by atoms with Crippen molar-refractivity contribution in [3.8, 4) is 0 Å². The van der Waals surface area contributed by atoms with Crippen LogP contribution < -0.4 is 0 Å². The summed E-state index contributed by atoms with van der Waals surface area (Å²) in [5, 5.41) is 9.27. The van der Waals surface area contributed by atoms with Gasteiger partial charge in [0.25, 0.3) is 0 Å². The monoisotopic (exact) mass is 281 g/mol. The normalized spacial score (nSPS) is 25.9. The molecule has 0 bridgehead atoms. The van der Waals surface area contributed by atoms with Gasteiger partial charge in [0.1, 0.15) is 13.1 Å². The summed E-state index contributed by atoms with van der Waals surface area (Å²) in [7, 11) is 0. The predicted molar refractivity (Wildman–Crippen MR) is 87.0 cm³/mol. The highest BCUT2D eigenvalue weighted by Crippen LogP contribution is 2.23. The number of hydrogen-bond acceptors (Lipinski definition) is 2. The Hall–Kier alpha value is -0.670. The quantitative estimate of drug-likeness (QED) is 0.351. The summed E-state index contributed by atoms with van der Waals surface area (Å²) in [4.78, 5) is 4.66. The van der Waals surface area contributed by atoms with E-state index in [0.717, 1.165) is 30.5 Å². The molecular formula is C17H33N2O+. The summed E-state index contributed by atoms with van der Waals surface area (Å²) < 4.78 is 0.961. The molecule has 0 saturated heterocycles. The highest BCUT2D eigenvalue weighted by molar-refractivity contribution is 5.60. The summed E-state index contributed by atoms with van der Waals surface area (Å²) in [5.74, 6) is 0. The average Bonchev–Trinajstić information content (AvgIpc) is 2.86. The molecule has 1 aliphatic heterocycles. The molecule has 3 nitrogen and oxygen atoms in total. The fourth-order valence-electron chi connectivity index (χ4n) is 3.03. The molecule has 0 aromatic heterocycles. The van der Waals surface area contributed by atoms with Crippen molar-refractivity contribution in [2.24, 2.45) is 4.99 Å². The molecule has 116 valence electrons. The number of hydrogen-bond donors (Lipinski definition) is 1. The third kappa shape index (κ3) is 5.37. The van der Waals surface area contributed by atoms with E-state index in [0.29, 0.717) is 6.17 Å². The van der Waals surface area contributed by atoms with E-state index in [1.807, 2.05) is 0 Å². The number of aliphatic imine (C=N–C) groups is 1. The zero-order valence-corrected chi connectivity index (χ0v) is 13.4. The summed E-state index contributed by atoms with van der Waals surface area (Å²) in [6.07, 6.45) is 15.8. The van der Waals surface area contributed by atoms with E-state index in [9.17, 15) is 5.11 Å². The van der Waals surface area contributed by atoms with Gasteiger partial charge >= 0.3 is 0 Å². The second kappa shape index (κ2) is 10.1. The van der Waals surface area contributed by atoms with Crippen molar-refractivity contribution in [1.82, 2.24) is 0 Å². The maximum absolute atomic E-state index is 9.27. The van der Waals surface area contributed by atoms with Gasteiger partial charge in [0.15, 0.2) is 6.17 Å². The zero-order valence-electron chi connectivity index (χ0n) is 13.4. The first kappa shape index (κ1) is 17.4. The summed E-state index contributed by atoms with van der Waals surface area (Å²) in [6.45, 7) is 7.64. The molecule has 0 radical (unpaired) electrons. The number of unbranched alkanes of at least 4 members (excludes halogenated alkanes) is 4. The lowest BCUT2D eigenvalue weighted by Gasteiger charge is -2.37. The van der Waals surface area contributed by atoms with Crippen LogP contribution in [0.1, 0.15) is 58.8 Å². The van der Waals surface area contributed by atoms with Gasteiger partial charge in [-0.3, -0.25) is 4.48 Å². The molecule has 0 aromatic carbocycles. The lowest BCUT2D eigenvalue weighted by atomic mass is 10.1. The van der Waals surface area contributed by atoms with Crippen molar-refractivity contribution in [2.75, 3.05) is 26.2 Å². The van der Waals surface area contributed by atoms with Gasteiger partial charge < -0.3 is 5.11 Å². The molecule has 2 unspecified atom stereocenters. The minimum Gasteiger partial charge on any atom is -0.391 e. The minimum atomic E-state index is 0.272. The number of nitrogens with zero attached hydrogens (tertiary/aromatic N) is 2. The Balaban J connectivity index is 2.20. The van der Waals surface area contributed by atoms with E-state index in [1.54, 1.807) is 0 Å². The molecule has 0 fully saturated rings. The third-order valence-corrected chi connectivity index (χ3v) is 4.50. The molecular weight excluding hydrogens is 248 g/mol. The van der Waals surface area contributed by atoms with Crippen molar-refractivity contribution in [3.05, 3.63) is 12.2 Å². The Morgan fingerprint density at radius 1 is 1.20 bits per heavy atom. The average molecular weight is 281 g/mol. The molecule has 3 heteroatoms. The van der Waals surface area contributed by atoms with Crippen LogP contribution in [0, 0.1) is 0 Å². The molecule has 1 N–H and O–H groups in total. The third-order valence-electron chi connectivity index (χ3n) is 4.50. The highest BCUT2D eigenvalue weighted by Gasteiger charge is 2.36. The number of allylic oxidation sites excluding steroid dienone is 2. The maximum Gasteiger partial charge on any atom is 0.182 e. The highest BCUT2D eigenvalue weighted by atomic mass is 16.3. The Morgan fingerprint density at radius 3 is 2.60 bits per heavy atom. The van der Waals surface area contributed by atoms with Crippen LogP contribution in [0.2, 0.25) is 0 Å². The molecule has 0 amide bonds. The molecule has 1 aliphatic rings. The van der Waals surface area contributed by atoms with Crippen LogP contribution >= 0.6 is 0 Å². The van der Waals surface area contributed by atoms with Gasteiger partial charge in [-0.2, -0.15) is 0 Å². The SMILES string of the molecule is CCCC/C=C/CCCCC1N=CC[N+]1(CC)CCO. The summed E-state index contributed by atoms with van der Waals surface area (Å²) >= 11 is 0. The van der Waals surface area contributed by atoms with Gasteiger partial charge in [-0.15, -0.1) is 0 Å². The smallest absolute Gasteiger partial charge is 0.182 e. The second-order valence-electron chi connectivity index (χ2n) is 5.87. The van der Waals surface area contributed by atoms with Crippen LogP contribution in [0.25, 0.3) is 0 Å². The lowest BCUT2D eigenvalue weighted by Crippen LogP contribution is -2.53. The lowest BCUT2D eigenvalue weighted by molar-refractivity contribution is -0.936. The van der Waals surface area contributed by atoms with Crippen LogP contribution in [0.15, 0.2) is 17.1 Å². The first-order valence-corrected chi connectivity index (χ1v) is 8.42. The van der Waals surface area contributed by atoms with Gasteiger partial charge in [-0.1, -0.05) is 31.9 Å². The summed E-state index contributed by atoms with van der Waals surface area (Å²) in [6, 6.07) is 0. The topological polar surface area (TPSA) is 32.6 Å². The van der Waals surface area contributed by atoms with E-state index < -0.39 is 0 Å². The standard InChI is InChI=1S/C17H33N2O/c1-3-5-6-7-8-9-10-11-12-17-18-13-14-19(17,4-2)15-16-20/h7-8,13,17,20H,3-6,9-12,14-16H2,1-2H3/q+1/b8-7+. The Labute approximate surface area is 125 Å². The number of quaternary nitrogens is 1. The van der Waals surface area contributed by atoms with Gasteiger partial charge in [0.2, 0.25) is 0 Å².